The first-order valence-electron chi connectivity index (χ1n) is 4.31. The molecule has 0 unspecified atom stereocenters. The molecule has 0 saturated carbocycles. The van der Waals surface area contributed by atoms with Crippen LogP contribution >= 0.6 is 0 Å². The van der Waals surface area contributed by atoms with E-state index in [4.69, 9.17) is 5.73 Å². The smallest absolute Gasteiger partial charge is 0.132 e. The Morgan fingerprint density at radius 3 is 2.92 bits per heavy atom. The average molecular weight is 173 g/mol. The van der Waals surface area contributed by atoms with Crippen molar-refractivity contribution in [2.75, 3.05) is 5.73 Å². The fourth-order valence-electron chi connectivity index (χ4n) is 1.32. The van der Waals surface area contributed by atoms with Crippen molar-refractivity contribution < 1.29 is 0 Å². The summed E-state index contributed by atoms with van der Waals surface area (Å²) in [5.41, 5.74) is 7.70. The lowest BCUT2D eigenvalue weighted by atomic mass is 10.2. The third kappa shape index (κ3) is 1.33. The molecule has 0 radical (unpaired) electrons. The molecule has 0 atom stereocenters. The summed E-state index contributed by atoms with van der Waals surface area (Å²) in [6.45, 7) is 2.08. The molecule has 2 rings (SSSR count). The van der Waals surface area contributed by atoms with Crippen LogP contribution in [0.15, 0.2) is 24.4 Å². The van der Waals surface area contributed by atoms with Gasteiger partial charge < -0.3 is 5.73 Å². The molecule has 0 fully saturated rings. The quantitative estimate of drug-likeness (QED) is 0.715. The van der Waals surface area contributed by atoms with Gasteiger partial charge in [-0.25, -0.2) is 4.98 Å². The van der Waals surface area contributed by atoms with Gasteiger partial charge in [0.2, 0.25) is 0 Å². The predicted molar refractivity (Wildman–Crippen MR) is 53.3 cm³/mol. The van der Waals surface area contributed by atoms with E-state index in [1.54, 1.807) is 6.20 Å². The van der Waals surface area contributed by atoms with E-state index in [1.165, 1.54) is 0 Å². The van der Waals surface area contributed by atoms with Crippen LogP contribution in [0.3, 0.4) is 0 Å². The molecule has 0 bridgehead atoms. The minimum Gasteiger partial charge on any atom is -0.383 e. The van der Waals surface area contributed by atoms with E-state index < -0.39 is 0 Å². The van der Waals surface area contributed by atoms with Gasteiger partial charge in [-0.15, -0.1) is 0 Å². The number of hydrogen-bond donors (Lipinski definition) is 1. The van der Waals surface area contributed by atoms with Gasteiger partial charge in [0.25, 0.3) is 0 Å². The number of hydrogen-bond acceptors (Lipinski definition) is 3. The van der Waals surface area contributed by atoms with Gasteiger partial charge in [-0.05, 0) is 24.6 Å². The summed E-state index contributed by atoms with van der Waals surface area (Å²) in [5, 5.41) is 0.930. The predicted octanol–water partition coefficient (Wildman–Crippen LogP) is 1.77. The van der Waals surface area contributed by atoms with Gasteiger partial charge >= 0.3 is 0 Å². The standard InChI is InChI=1S/C10H11N3/c1-2-7-3-4-8-9(13-7)5-6-12-10(8)11/h3-6H,2H2,1H3,(H2,11,12). The number of anilines is 1. The fraction of sp³-hybridized carbons (Fsp3) is 0.200. The number of pyridine rings is 2. The molecule has 2 N–H and O–H groups in total. The Morgan fingerprint density at radius 1 is 1.31 bits per heavy atom. The van der Waals surface area contributed by atoms with Crippen LogP contribution in [0.4, 0.5) is 5.82 Å². The zero-order valence-electron chi connectivity index (χ0n) is 7.49. The zero-order chi connectivity index (χ0) is 9.26. The molecule has 0 amide bonds. The van der Waals surface area contributed by atoms with Gasteiger partial charge in [-0.1, -0.05) is 6.92 Å². The van der Waals surface area contributed by atoms with Gasteiger partial charge in [0.1, 0.15) is 5.82 Å². The minimum absolute atomic E-state index is 0.549. The van der Waals surface area contributed by atoms with E-state index in [-0.39, 0.29) is 0 Å². The summed E-state index contributed by atoms with van der Waals surface area (Å²) < 4.78 is 0. The molecule has 13 heavy (non-hydrogen) atoms. The lowest BCUT2D eigenvalue weighted by molar-refractivity contribution is 1.06. The molecule has 2 heterocycles. The minimum atomic E-state index is 0.549. The Hall–Kier alpha value is -1.64. The number of nitrogens with zero attached hydrogens (tertiary/aromatic N) is 2. The third-order valence-corrected chi connectivity index (χ3v) is 2.07. The molecule has 2 aromatic heterocycles. The van der Waals surface area contributed by atoms with Crippen LogP contribution < -0.4 is 5.73 Å². The number of aromatic nitrogens is 2. The molecule has 0 aliphatic heterocycles. The van der Waals surface area contributed by atoms with Crippen molar-refractivity contribution in [2.45, 2.75) is 13.3 Å². The van der Waals surface area contributed by atoms with Crippen molar-refractivity contribution in [2.24, 2.45) is 0 Å². The summed E-state index contributed by atoms with van der Waals surface area (Å²) in [7, 11) is 0. The van der Waals surface area contributed by atoms with Crippen molar-refractivity contribution in [3.05, 3.63) is 30.1 Å². The lowest BCUT2D eigenvalue weighted by Crippen LogP contribution is -1.94. The summed E-state index contributed by atoms with van der Waals surface area (Å²) in [5.74, 6) is 0.549. The van der Waals surface area contributed by atoms with Crippen LogP contribution in [-0.2, 0) is 6.42 Å². The van der Waals surface area contributed by atoms with Crippen molar-refractivity contribution in [1.82, 2.24) is 9.97 Å². The molecular weight excluding hydrogens is 162 g/mol. The van der Waals surface area contributed by atoms with Crippen molar-refractivity contribution >= 4 is 16.7 Å². The second kappa shape index (κ2) is 3.01. The molecule has 0 aromatic carbocycles. The molecule has 66 valence electrons. The monoisotopic (exact) mass is 173 g/mol. The first kappa shape index (κ1) is 7.98. The van der Waals surface area contributed by atoms with E-state index in [9.17, 15) is 0 Å². The molecule has 2 aromatic rings. The topological polar surface area (TPSA) is 51.8 Å². The molecule has 0 aliphatic carbocycles. The number of rotatable bonds is 1. The van der Waals surface area contributed by atoms with Gasteiger partial charge in [-0.3, -0.25) is 4.98 Å². The normalized spacial score (nSPS) is 10.5. The van der Waals surface area contributed by atoms with Gasteiger partial charge in [0.15, 0.2) is 0 Å². The van der Waals surface area contributed by atoms with Crippen molar-refractivity contribution in [3.8, 4) is 0 Å². The fourth-order valence-corrected chi connectivity index (χ4v) is 1.32. The average Bonchev–Trinajstić information content (AvgIpc) is 2.18. The van der Waals surface area contributed by atoms with Crippen LogP contribution in [0.5, 0.6) is 0 Å². The van der Waals surface area contributed by atoms with Gasteiger partial charge in [-0.2, -0.15) is 0 Å². The van der Waals surface area contributed by atoms with Crippen LogP contribution in [0.1, 0.15) is 12.6 Å². The van der Waals surface area contributed by atoms with E-state index in [0.29, 0.717) is 5.82 Å². The highest BCUT2D eigenvalue weighted by atomic mass is 14.8. The summed E-state index contributed by atoms with van der Waals surface area (Å²) >= 11 is 0. The first-order valence-corrected chi connectivity index (χ1v) is 4.31. The van der Waals surface area contributed by atoms with Crippen LogP contribution in [0, 0.1) is 0 Å². The van der Waals surface area contributed by atoms with E-state index in [2.05, 4.69) is 16.9 Å². The summed E-state index contributed by atoms with van der Waals surface area (Å²) in [6, 6.07) is 5.84. The summed E-state index contributed by atoms with van der Waals surface area (Å²) in [6.07, 6.45) is 2.63. The SMILES string of the molecule is CCc1ccc2c(N)nccc2n1. The molecule has 0 aliphatic rings. The van der Waals surface area contributed by atoms with Crippen LogP contribution in [0.2, 0.25) is 0 Å². The van der Waals surface area contributed by atoms with Crippen molar-refractivity contribution in [3.63, 3.8) is 0 Å². The highest BCUT2D eigenvalue weighted by Crippen LogP contribution is 2.16. The Morgan fingerprint density at radius 2 is 2.15 bits per heavy atom. The van der Waals surface area contributed by atoms with Gasteiger partial charge in [0.05, 0.1) is 5.52 Å². The molecule has 0 saturated heterocycles. The molecular formula is C10H11N3. The number of nitrogen functional groups attached to an aromatic ring is 1. The maximum atomic E-state index is 5.70. The van der Waals surface area contributed by atoms with Crippen molar-refractivity contribution in [1.29, 1.82) is 0 Å². The van der Waals surface area contributed by atoms with E-state index in [0.717, 1.165) is 23.0 Å². The third-order valence-electron chi connectivity index (χ3n) is 2.07. The highest BCUT2D eigenvalue weighted by molar-refractivity contribution is 5.87. The van der Waals surface area contributed by atoms with Gasteiger partial charge in [0, 0.05) is 17.3 Å². The maximum absolute atomic E-state index is 5.70. The Bertz CT molecular complexity index is 437. The first-order chi connectivity index (χ1) is 6.31. The highest BCUT2D eigenvalue weighted by Gasteiger charge is 1.99. The Kier molecular flexibility index (Phi) is 1.85. The number of fused-ring (bicyclic) bond motifs is 1. The lowest BCUT2D eigenvalue weighted by Gasteiger charge is -2.01. The molecule has 0 spiro atoms. The van der Waals surface area contributed by atoms with Crippen LogP contribution in [-0.4, -0.2) is 9.97 Å². The zero-order valence-corrected chi connectivity index (χ0v) is 7.49. The largest absolute Gasteiger partial charge is 0.383 e. The van der Waals surface area contributed by atoms with E-state index in [1.807, 2.05) is 18.2 Å². The molecule has 3 nitrogen and oxygen atoms in total. The maximum Gasteiger partial charge on any atom is 0.132 e. The second-order valence-electron chi connectivity index (χ2n) is 2.92. The molecule has 3 heteroatoms. The summed E-state index contributed by atoms with van der Waals surface area (Å²) in [4.78, 5) is 8.44. The van der Waals surface area contributed by atoms with E-state index >= 15 is 0 Å². The second-order valence-corrected chi connectivity index (χ2v) is 2.92. The Labute approximate surface area is 76.6 Å². The number of aryl methyl sites for hydroxylation is 1. The Balaban J connectivity index is 2.72. The van der Waals surface area contributed by atoms with Crippen LogP contribution in [0.25, 0.3) is 10.9 Å². The number of nitrogens with two attached hydrogens (primary N) is 1.